The molecule has 0 heterocycles. The molecule has 0 aliphatic rings. The first kappa shape index (κ1) is 151. The maximum absolute atomic E-state index is 10.3. The van der Waals surface area contributed by atoms with E-state index in [9.17, 15) is 28.8 Å². The standard InChI is InChI=1S/2C6H8O7.21Na.21H/c2*7-3(8)1-6(13,5(11)12)2-4(9)10;;;;;;;;;;;;;;;;;;;;;;;;;;;;;;;;;;;;;;;;;;/h2*13H,1-2H2,(H,7,8)(H,9,10)(H,11,12);;;;;;;;;;;;;;;;;;;;;;;;;;;;;;;;;;;;;;;;;;. The van der Waals surface area contributed by atoms with Gasteiger partial charge in [0.1, 0.15) is 0 Å². The second-order valence-corrected chi connectivity index (χ2v) is 4.96. The van der Waals surface area contributed by atoms with E-state index in [1.165, 1.54) is 0 Å². The minimum atomic E-state index is -2.74. The van der Waals surface area contributed by atoms with Gasteiger partial charge in [-0.3, -0.25) is 19.2 Å². The molecular weight excluding hydrogens is 851 g/mol. The number of carbonyl (C=O) groups is 6. The molecule has 0 radical (unpaired) electrons. The molecule has 0 saturated carbocycles. The Hall–Kier alpha value is 17.7. The van der Waals surface area contributed by atoms with Crippen molar-refractivity contribution in [2.24, 2.45) is 0 Å². The van der Waals surface area contributed by atoms with Gasteiger partial charge in [0.25, 0.3) is 0 Å². The zero-order valence-corrected chi connectivity index (χ0v) is 12.9. The van der Waals surface area contributed by atoms with Crippen LogP contribution in [0.1, 0.15) is 25.7 Å². The van der Waals surface area contributed by atoms with Gasteiger partial charge in [-0.25, -0.2) is 9.59 Å². The van der Waals surface area contributed by atoms with Crippen molar-refractivity contribution in [3.8, 4) is 0 Å². The first-order valence-corrected chi connectivity index (χ1v) is 6.34. The molecule has 0 aliphatic heterocycles. The SMILES string of the molecule is O=C(O)CC(O)(CC(=O)O)C(=O)O.O=C(O)CC(O)(CC(=O)O)C(=O)O.[NaH].[NaH].[NaH].[NaH].[NaH].[NaH].[NaH].[NaH].[NaH].[NaH].[NaH].[NaH].[NaH].[NaH].[NaH].[NaH].[NaH].[NaH].[NaH].[NaH].[NaH]. The van der Waals surface area contributed by atoms with Crippen molar-refractivity contribution in [3.63, 3.8) is 0 Å². The molecule has 190 valence electrons. The van der Waals surface area contributed by atoms with E-state index in [4.69, 9.17) is 40.9 Å². The Morgan fingerprint density at radius 2 is 0.362 bits per heavy atom. The third-order valence-electron chi connectivity index (χ3n) is 2.57. The summed E-state index contributed by atoms with van der Waals surface area (Å²) in [4.78, 5) is 61.0. The van der Waals surface area contributed by atoms with Crippen LogP contribution in [0.4, 0.5) is 0 Å². The van der Waals surface area contributed by atoms with Crippen molar-refractivity contribution in [2.75, 3.05) is 0 Å². The van der Waals surface area contributed by atoms with Gasteiger partial charge in [-0.2, -0.15) is 0 Å². The predicted molar refractivity (Wildman–Crippen MR) is 224 cm³/mol. The third-order valence-corrected chi connectivity index (χ3v) is 2.57. The Kier molecular flexibility index (Phi) is 301. The molecule has 0 fully saturated rings. The fourth-order valence-corrected chi connectivity index (χ4v) is 1.43. The zero-order chi connectivity index (χ0) is 21.3. The molecule has 0 aromatic carbocycles. The van der Waals surface area contributed by atoms with Crippen molar-refractivity contribution in [3.05, 3.63) is 0 Å². The van der Waals surface area contributed by atoms with E-state index in [0.717, 1.165) is 0 Å². The van der Waals surface area contributed by atoms with Gasteiger partial charge in [0.05, 0.1) is 25.7 Å². The quantitative estimate of drug-likeness (QED) is 0.0949. The van der Waals surface area contributed by atoms with Crippen LogP contribution in [0.2, 0.25) is 0 Å². The van der Waals surface area contributed by atoms with Crippen LogP contribution in [0.3, 0.4) is 0 Å². The fraction of sp³-hybridized carbons (Fsp3) is 0.500. The van der Waals surface area contributed by atoms with Gasteiger partial charge in [-0.05, 0) is 0 Å². The summed E-state index contributed by atoms with van der Waals surface area (Å²) in [7, 11) is 0. The van der Waals surface area contributed by atoms with Gasteiger partial charge < -0.3 is 40.9 Å². The van der Waals surface area contributed by atoms with Gasteiger partial charge in [0, 0.05) is 0 Å². The van der Waals surface area contributed by atoms with Gasteiger partial charge in [-0.1, -0.05) is 0 Å². The zero-order valence-electron chi connectivity index (χ0n) is 12.9. The average Bonchev–Trinajstić information content (AvgIpc) is 2.34. The minimum absolute atomic E-state index is 0. The van der Waals surface area contributed by atoms with Crippen LogP contribution in [0.5, 0.6) is 0 Å². The number of carboxylic acid groups (broad SMARTS) is 6. The Morgan fingerprint density at radius 3 is 0.404 bits per heavy atom. The summed E-state index contributed by atoms with van der Waals surface area (Å²) in [5.74, 6) is -10.0. The number of rotatable bonds is 10. The molecule has 35 heteroatoms. The molecule has 0 spiro atoms. The monoisotopic (exact) mass is 888 g/mol. The number of aliphatic carboxylic acids is 6. The van der Waals surface area contributed by atoms with E-state index < -0.39 is 72.7 Å². The molecule has 0 rings (SSSR count). The Labute approximate surface area is 740 Å². The molecule has 0 bridgehead atoms. The van der Waals surface area contributed by atoms with E-state index in [1.807, 2.05) is 0 Å². The Morgan fingerprint density at radius 1 is 0.277 bits per heavy atom. The number of aliphatic hydroxyl groups is 2. The predicted octanol–water partition coefficient (Wildman–Crippen LogP) is -16.1. The third kappa shape index (κ3) is 98.2. The summed E-state index contributed by atoms with van der Waals surface area (Å²) in [5, 5.41) is 67.6. The molecule has 8 N–H and O–H groups in total. The summed E-state index contributed by atoms with van der Waals surface area (Å²) in [6.07, 6.45) is -4.58. The van der Waals surface area contributed by atoms with Crippen LogP contribution in [-0.2, 0) is 28.8 Å². The second-order valence-electron chi connectivity index (χ2n) is 4.96. The van der Waals surface area contributed by atoms with Crippen LogP contribution in [0.25, 0.3) is 0 Å². The van der Waals surface area contributed by atoms with Crippen molar-refractivity contribution in [2.45, 2.75) is 36.9 Å². The average molecular weight is 888 g/mol. The van der Waals surface area contributed by atoms with Crippen molar-refractivity contribution < 1.29 is 69.6 Å². The molecular formula is C12H37Na21O14. The number of hydrogen-bond acceptors (Lipinski definition) is 8. The van der Waals surface area contributed by atoms with E-state index in [2.05, 4.69) is 0 Å². The van der Waals surface area contributed by atoms with Crippen LogP contribution in [0.15, 0.2) is 0 Å². The summed E-state index contributed by atoms with van der Waals surface area (Å²) in [6.45, 7) is 0. The molecule has 0 aromatic heterocycles. The fourth-order valence-electron chi connectivity index (χ4n) is 1.43. The Bertz CT molecular complexity index is 553. The van der Waals surface area contributed by atoms with E-state index in [0.29, 0.717) is 0 Å². The summed E-state index contributed by atoms with van der Waals surface area (Å²) in [5.41, 5.74) is -5.48. The van der Waals surface area contributed by atoms with Gasteiger partial charge in [0.2, 0.25) is 0 Å². The molecule has 0 aromatic rings. The van der Waals surface area contributed by atoms with Crippen molar-refractivity contribution >= 4 is 657 Å². The summed E-state index contributed by atoms with van der Waals surface area (Å²) >= 11 is 0. The molecule has 47 heavy (non-hydrogen) atoms. The topological polar surface area (TPSA) is 264 Å². The van der Waals surface area contributed by atoms with Crippen molar-refractivity contribution in [1.82, 2.24) is 0 Å². The summed E-state index contributed by atoms with van der Waals surface area (Å²) < 4.78 is 0. The second kappa shape index (κ2) is 93.7. The number of carboxylic acids is 6. The van der Waals surface area contributed by atoms with Crippen LogP contribution >= 0.6 is 0 Å². The maximum atomic E-state index is 10.3. The van der Waals surface area contributed by atoms with Gasteiger partial charge >= 0.3 is 657 Å². The van der Waals surface area contributed by atoms with E-state index in [1.54, 1.807) is 0 Å². The first-order valence-electron chi connectivity index (χ1n) is 6.34. The van der Waals surface area contributed by atoms with Crippen LogP contribution < -0.4 is 0 Å². The van der Waals surface area contributed by atoms with Crippen molar-refractivity contribution in [1.29, 1.82) is 0 Å². The first-order chi connectivity index (χ1) is 11.6. The van der Waals surface area contributed by atoms with Gasteiger partial charge in [0.15, 0.2) is 11.2 Å². The van der Waals surface area contributed by atoms with Gasteiger partial charge in [-0.15, -0.1) is 0 Å². The molecule has 14 nitrogen and oxygen atoms in total. The molecule has 0 saturated heterocycles. The molecule has 0 amide bonds. The molecule has 0 aliphatic carbocycles. The Balaban J connectivity index is -0.00000000807. The van der Waals surface area contributed by atoms with E-state index >= 15 is 0 Å². The normalized spacial score (nSPS) is 6.00. The number of hydrogen-bond donors (Lipinski definition) is 8. The van der Waals surface area contributed by atoms with E-state index in [-0.39, 0.29) is 621 Å². The molecule has 0 unspecified atom stereocenters. The van der Waals surface area contributed by atoms with Crippen LogP contribution in [0, 0.1) is 0 Å². The molecule has 0 atom stereocenters. The summed E-state index contributed by atoms with van der Waals surface area (Å²) in [6, 6.07) is 0. The van der Waals surface area contributed by atoms with Crippen LogP contribution in [-0.4, -0.2) is 709 Å².